The van der Waals surface area contributed by atoms with Crippen LogP contribution in [0.1, 0.15) is 0 Å². The molecule has 112 valence electrons. The van der Waals surface area contributed by atoms with Gasteiger partial charge in [-0.25, -0.2) is 12.8 Å². The molecule has 1 rings (SSSR count). The number of rotatable bonds is 4. The predicted octanol–water partition coefficient (Wildman–Crippen LogP) is 0.860. The maximum absolute atomic E-state index is 13.4. The molecule has 0 fully saturated rings. The Morgan fingerprint density at radius 3 is 2.40 bits per heavy atom. The van der Waals surface area contributed by atoms with Gasteiger partial charge in [-0.2, -0.15) is 13.2 Å². The highest BCUT2D eigenvalue weighted by atomic mass is 32.2. The summed E-state index contributed by atoms with van der Waals surface area (Å²) < 4.78 is 72.3. The Balaban J connectivity index is 2.82. The monoisotopic (exact) mass is 314 g/mol. The normalized spacial score (nSPS) is 12.2. The number of nitrogens with one attached hydrogen (secondary N) is 1. The van der Waals surface area contributed by atoms with Gasteiger partial charge in [0.15, 0.2) is 9.84 Å². The Morgan fingerprint density at radius 1 is 1.30 bits per heavy atom. The first-order valence-corrected chi connectivity index (χ1v) is 6.78. The average Bonchev–Trinajstić information content (AvgIpc) is 2.24. The van der Waals surface area contributed by atoms with Crippen LogP contribution < -0.4 is 11.1 Å². The van der Waals surface area contributed by atoms with E-state index >= 15 is 0 Å². The van der Waals surface area contributed by atoms with E-state index in [4.69, 9.17) is 5.73 Å². The molecule has 0 aliphatic rings. The van der Waals surface area contributed by atoms with Gasteiger partial charge < -0.3 is 11.1 Å². The number of amides is 1. The summed E-state index contributed by atoms with van der Waals surface area (Å²) in [6.45, 7) is -1.66. The molecule has 0 saturated carbocycles. The molecule has 0 atom stereocenters. The number of hydrogen-bond acceptors (Lipinski definition) is 4. The fourth-order valence-electron chi connectivity index (χ4n) is 1.27. The second-order valence-electron chi connectivity index (χ2n) is 3.84. The van der Waals surface area contributed by atoms with Crippen molar-refractivity contribution < 1.29 is 30.8 Å². The van der Waals surface area contributed by atoms with Crippen molar-refractivity contribution in [2.45, 2.75) is 11.1 Å². The van der Waals surface area contributed by atoms with Crippen molar-refractivity contribution in [3.05, 3.63) is 24.0 Å². The molecule has 1 aromatic rings. The lowest BCUT2D eigenvalue weighted by atomic mass is 10.3. The molecule has 0 unspecified atom stereocenters. The minimum atomic E-state index is -4.66. The van der Waals surface area contributed by atoms with E-state index in [9.17, 15) is 30.8 Å². The number of anilines is 1. The highest BCUT2D eigenvalue weighted by Crippen LogP contribution is 2.18. The number of nitrogens with two attached hydrogens (primary N) is 1. The van der Waals surface area contributed by atoms with Gasteiger partial charge in [-0.05, 0) is 18.2 Å². The number of sulfone groups is 1. The highest BCUT2D eigenvalue weighted by Gasteiger charge is 2.29. The summed E-state index contributed by atoms with van der Waals surface area (Å²) in [5, 5.41) is 1.39. The lowest BCUT2D eigenvalue weighted by molar-refractivity contribution is -0.137. The van der Waals surface area contributed by atoms with Gasteiger partial charge in [0.05, 0.1) is 0 Å². The maximum Gasteiger partial charge on any atom is 0.405 e. The van der Waals surface area contributed by atoms with E-state index in [1.54, 1.807) is 0 Å². The third-order valence-corrected chi connectivity index (χ3v) is 3.74. The zero-order valence-corrected chi connectivity index (χ0v) is 10.7. The van der Waals surface area contributed by atoms with E-state index in [0.717, 1.165) is 18.2 Å². The number of carbonyl (C=O) groups is 1. The Morgan fingerprint density at radius 2 is 1.90 bits per heavy atom. The van der Waals surface area contributed by atoms with Crippen LogP contribution in [0.25, 0.3) is 0 Å². The minimum absolute atomic E-state index is 0.0250. The van der Waals surface area contributed by atoms with Crippen molar-refractivity contribution in [2.75, 3.05) is 18.0 Å². The molecule has 20 heavy (non-hydrogen) atoms. The van der Waals surface area contributed by atoms with E-state index in [2.05, 4.69) is 0 Å². The first kappa shape index (κ1) is 16.2. The third-order valence-electron chi connectivity index (χ3n) is 2.10. The largest absolute Gasteiger partial charge is 0.405 e. The van der Waals surface area contributed by atoms with E-state index in [1.165, 1.54) is 5.32 Å². The molecule has 0 heterocycles. The fraction of sp³-hybridized carbons (Fsp3) is 0.300. The van der Waals surface area contributed by atoms with E-state index in [1.807, 2.05) is 0 Å². The molecule has 5 nitrogen and oxygen atoms in total. The van der Waals surface area contributed by atoms with Crippen molar-refractivity contribution in [3.63, 3.8) is 0 Å². The lowest BCUT2D eigenvalue weighted by Gasteiger charge is -2.09. The van der Waals surface area contributed by atoms with Gasteiger partial charge in [-0.15, -0.1) is 0 Å². The second-order valence-corrected chi connectivity index (χ2v) is 5.80. The molecule has 0 spiro atoms. The molecule has 0 bridgehead atoms. The standard InChI is InChI=1S/C10H10F4N2O3S/c11-7-3-6(15)1-2-8(7)20(18,19)4-9(17)16-5-10(12,13)14/h1-3H,4-5,15H2,(H,16,17). The predicted molar refractivity (Wildman–Crippen MR) is 61.9 cm³/mol. The highest BCUT2D eigenvalue weighted by molar-refractivity contribution is 7.92. The maximum atomic E-state index is 13.4. The van der Waals surface area contributed by atoms with E-state index in [0.29, 0.717) is 0 Å². The molecular weight excluding hydrogens is 304 g/mol. The van der Waals surface area contributed by atoms with Gasteiger partial charge in [-0.1, -0.05) is 0 Å². The molecule has 0 aliphatic heterocycles. The molecule has 1 amide bonds. The molecule has 0 aliphatic carbocycles. The molecule has 10 heteroatoms. The number of alkyl halides is 3. The fourth-order valence-corrected chi connectivity index (χ4v) is 2.50. The zero-order chi connectivity index (χ0) is 15.6. The Bertz CT molecular complexity index is 613. The zero-order valence-electron chi connectivity index (χ0n) is 9.87. The molecule has 1 aromatic carbocycles. The molecule has 3 N–H and O–H groups in total. The minimum Gasteiger partial charge on any atom is -0.399 e. The van der Waals surface area contributed by atoms with Crippen LogP contribution in [0.2, 0.25) is 0 Å². The van der Waals surface area contributed by atoms with Gasteiger partial charge in [0.2, 0.25) is 5.91 Å². The van der Waals surface area contributed by atoms with Crippen LogP contribution in [-0.4, -0.2) is 32.8 Å². The van der Waals surface area contributed by atoms with Crippen molar-refractivity contribution in [3.8, 4) is 0 Å². The van der Waals surface area contributed by atoms with E-state index < -0.39 is 44.9 Å². The first-order valence-electron chi connectivity index (χ1n) is 5.12. The summed E-state index contributed by atoms with van der Waals surface area (Å²) >= 11 is 0. The summed E-state index contributed by atoms with van der Waals surface area (Å²) in [5.74, 6) is -3.84. The first-order chi connectivity index (χ1) is 9.01. The SMILES string of the molecule is Nc1ccc(S(=O)(=O)CC(=O)NCC(F)(F)F)c(F)c1. The Labute approximate surface area is 111 Å². The summed E-state index contributed by atoms with van der Waals surface area (Å²) in [7, 11) is -4.38. The molecular formula is C10H10F4N2O3S. The molecule has 0 radical (unpaired) electrons. The van der Waals surface area contributed by atoms with Gasteiger partial charge in [0.1, 0.15) is 23.0 Å². The third kappa shape index (κ3) is 4.68. The Hall–Kier alpha value is -1.84. The van der Waals surface area contributed by atoms with Crippen molar-refractivity contribution in [2.24, 2.45) is 0 Å². The second kappa shape index (κ2) is 5.65. The molecule has 0 saturated heterocycles. The van der Waals surface area contributed by atoms with Gasteiger partial charge in [0.25, 0.3) is 0 Å². The summed E-state index contributed by atoms with van der Waals surface area (Å²) in [6.07, 6.45) is -4.66. The van der Waals surface area contributed by atoms with Crippen LogP contribution in [0, 0.1) is 5.82 Å². The number of carbonyl (C=O) groups excluding carboxylic acids is 1. The number of halogens is 4. The van der Waals surface area contributed by atoms with Gasteiger partial charge >= 0.3 is 6.18 Å². The quantitative estimate of drug-likeness (QED) is 0.637. The molecule has 0 aromatic heterocycles. The Kier molecular flexibility index (Phi) is 4.58. The smallest absolute Gasteiger partial charge is 0.399 e. The number of benzene rings is 1. The van der Waals surface area contributed by atoms with Crippen LogP contribution in [-0.2, 0) is 14.6 Å². The summed E-state index contributed by atoms with van der Waals surface area (Å²) in [4.78, 5) is 10.3. The number of nitrogen functional groups attached to an aromatic ring is 1. The van der Waals surface area contributed by atoms with Crippen molar-refractivity contribution in [1.29, 1.82) is 0 Å². The van der Waals surface area contributed by atoms with Crippen molar-refractivity contribution >= 4 is 21.4 Å². The van der Waals surface area contributed by atoms with Crippen LogP contribution in [0.4, 0.5) is 23.2 Å². The average molecular weight is 314 g/mol. The van der Waals surface area contributed by atoms with Crippen LogP contribution >= 0.6 is 0 Å². The summed E-state index contributed by atoms with van der Waals surface area (Å²) in [6, 6.07) is 2.68. The summed E-state index contributed by atoms with van der Waals surface area (Å²) in [5.41, 5.74) is 5.20. The van der Waals surface area contributed by atoms with E-state index in [-0.39, 0.29) is 5.69 Å². The van der Waals surface area contributed by atoms with Gasteiger partial charge in [-0.3, -0.25) is 4.79 Å². The van der Waals surface area contributed by atoms with Crippen LogP contribution in [0.15, 0.2) is 23.1 Å². The lowest BCUT2D eigenvalue weighted by Crippen LogP contribution is -2.37. The van der Waals surface area contributed by atoms with Gasteiger partial charge in [0, 0.05) is 5.69 Å². The van der Waals surface area contributed by atoms with Crippen molar-refractivity contribution in [1.82, 2.24) is 5.32 Å². The topological polar surface area (TPSA) is 89.3 Å². The van der Waals surface area contributed by atoms with Crippen LogP contribution in [0.5, 0.6) is 0 Å². The van der Waals surface area contributed by atoms with Crippen LogP contribution in [0.3, 0.4) is 0 Å². The number of hydrogen-bond donors (Lipinski definition) is 2.